The number of aromatic nitrogens is 3. The maximum Gasteiger partial charge on any atom is 0.236 e. The van der Waals surface area contributed by atoms with Gasteiger partial charge in [0.1, 0.15) is 17.2 Å². The van der Waals surface area contributed by atoms with Crippen molar-refractivity contribution in [2.24, 2.45) is 0 Å². The standard InChI is InChI=1S/C14H17N5OS2/c20-12(18-14-15-4-7-21-14)9-22-13-8-11(16-10-17-13)19-5-2-1-3-6-19/h4,7-8,10H,1-3,5-6,9H2,(H,15,18,20). The fraction of sp³-hybridized carbons (Fsp3) is 0.429. The third-order valence-corrected chi connectivity index (χ3v) is 4.95. The van der Waals surface area contributed by atoms with E-state index in [4.69, 9.17) is 0 Å². The van der Waals surface area contributed by atoms with Crippen LogP contribution in [0.5, 0.6) is 0 Å². The molecule has 1 aliphatic heterocycles. The molecule has 1 N–H and O–H groups in total. The Morgan fingerprint density at radius 3 is 2.91 bits per heavy atom. The zero-order valence-corrected chi connectivity index (χ0v) is 13.7. The second kappa shape index (κ2) is 7.55. The molecule has 1 fully saturated rings. The van der Waals surface area contributed by atoms with E-state index < -0.39 is 0 Å². The molecule has 1 saturated heterocycles. The normalized spacial score (nSPS) is 14.8. The Bertz CT molecular complexity index is 613. The molecule has 0 saturated carbocycles. The topological polar surface area (TPSA) is 71.0 Å². The molecule has 116 valence electrons. The zero-order valence-electron chi connectivity index (χ0n) is 12.1. The molecule has 3 rings (SSSR count). The molecule has 1 aliphatic rings. The number of piperidine rings is 1. The predicted molar refractivity (Wildman–Crippen MR) is 89.6 cm³/mol. The molecule has 8 heteroatoms. The first-order valence-corrected chi connectivity index (χ1v) is 9.07. The average Bonchev–Trinajstić information content (AvgIpc) is 3.07. The summed E-state index contributed by atoms with van der Waals surface area (Å²) in [4.78, 5) is 26.7. The van der Waals surface area contributed by atoms with E-state index in [0.717, 1.165) is 23.9 Å². The second-order valence-corrected chi connectivity index (χ2v) is 6.83. The molecule has 6 nitrogen and oxygen atoms in total. The molecule has 22 heavy (non-hydrogen) atoms. The van der Waals surface area contributed by atoms with Crippen LogP contribution in [0.3, 0.4) is 0 Å². The van der Waals surface area contributed by atoms with Crippen LogP contribution < -0.4 is 10.2 Å². The van der Waals surface area contributed by atoms with E-state index in [0.29, 0.717) is 10.9 Å². The van der Waals surface area contributed by atoms with Crippen LogP contribution in [-0.4, -0.2) is 39.7 Å². The molecule has 3 heterocycles. The number of rotatable bonds is 5. The number of nitrogens with one attached hydrogen (secondary N) is 1. The van der Waals surface area contributed by atoms with E-state index in [1.54, 1.807) is 12.5 Å². The van der Waals surface area contributed by atoms with E-state index in [9.17, 15) is 4.79 Å². The number of carbonyl (C=O) groups excluding carboxylic acids is 1. The molecule has 0 aliphatic carbocycles. The Labute approximate surface area is 137 Å². The first kappa shape index (κ1) is 15.2. The number of amides is 1. The summed E-state index contributed by atoms with van der Waals surface area (Å²) in [7, 11) is 0. The Balaban J connectivity index is 1.54. The highest BCUT2D eigenvalue weighted by Gasteiger charge is 2.13. The minimum Gasteiger partial charge on any atom is -0.356 e. The smallest absolute Gasteiger partial charge is 0.236 e. The Morgan fingerprint density at radius 1 is 1.27 bits per heavy atom. The fourth-order valence-electron chi connectivity index (χ4n) is 2.28. The lowest BCUT2D eigenvalue weighted by Crippen LogP contribution is -2.30. The highest BCUT2D eigenvalue weighted by Crippen LogP contribution is 2.22. The summed E-state index contributed by atoms with van der Waals surface area (Å²) in [6.07, 6.45) is 6.96. The van der Waals surface area contributed by atoms with Gasteiger partial charge in [0.2, 0.25) is 5.91 Å². The molecule has 0 unspecified atom stereocenters. The van der Waals surface area contributed by atoms with Crippen LogP contribution in [0.1, 0.15) is 19.3 Å². The van der Waals surface area contributed by atoms with Crippen LogP contribution in [0, 0.1) is 0 Å². The lowest BCUT2D eigenvalue weighted by atomic mass is 10.1. The van der Waals surface area contributed by atoms with E-state index in [-0.39, 0.29) is 5.91 Å². The van der Waals surface area contributed by atoms with Crippen LogP contribution in [-0.2, 0) is 4.79 Å². The highest BCUT2D eigenvalue weighted by atomic mass is 32.2. The van der Waals surface area contributed by atoms with Gasteiger partial charge in [-0.3, -0.25) is 4.79 Å². The molecule has 2 aromatic heterocycles. The number of thioether (sulfide) groups is 1. The second-order valence-electron chi connectivity index (χ2n) is 4.94. The van der Waals surface area contributed by atoms with Crippen molar-refractivity contribution >= 4 is 40.0 Å². The maximum absolute atomic E-state index is 11.9. The summed E-state index contributed by atoms with van der Waals surface area (Å²) >= 11 is 2.83. The van der Waals surface area contributed by atoms with Crippen molar-refractivity contribution in [3.05, 3.63) is 24.0 Å². The summed E-state index contributed by atoms with van der Waals surface area (Å²) in [5.74, 6) is 1.20. The first-order valence-electron chi connectivity index (χ1n) is 7.20. The quantitative estimate of drug-likeness (QED) is 0.669. The van der Waals surface area contributed by atoms with Gasteiger partial charge in [-0.1, -0.05) is 11.8 Å². The monoisotopic (exact) mass is 335 g/mol. The van der Waals surface area contributed by atoms with E-state index in [2.05, 4.69) is 25.2 Å². The zero-order chi connectivity index (χ0) is 15.2. The molecule has 0 atom stereocenters. The molecule has 0 bridgehead atoms. The van der Waals surface area contributed by atoms with Gasteiger partial charge < -0.3 is 10.2 Å². The predicted octanol–water partition coefficient (Wildman–Crippen LogP) is 2.65. The van der Waals surface area contributed by atoms with Gasteiger partial charge in [-0.25, -0.2) is 15.0 Å². The largest absolute Gasteiger partial charge is 0.356 e. The van der Waals surface area contributed by atoms with Crippen molar-refractivity contribution in [1.82, 2.24) is 15.0 Å². The third kappa shape index (κ3) is 4.17. The van der Waals surface area contributed by atoms with Crippen molar-refractivity contribution in [2.75, 3.05) is 29.1 Å². The number of hydrogen-bond donors (Lipinski definition) is 1. The number of carbonyl (C=O) groups is 1. The SMILES string of the molecule is O=C(CSc1cc(N2CCCCC2)ncn1)Nc1nccs1. The van der Waals surface area contributed by atoms with E-state index in [1.165, 1.54) is 42.4 Å². The van der Waals surface area contributed by atoms with E-state index >= 15 is 0 Å². The average molecular weight is 335 g/mol. The highest BCUT2D eigenvalue weighted by molar-refractivity contribution is 7.99. The van der Waals surface area contributed by atoms with E-state index in [1.807, 2.05) is 11.4 Å². The minimum absolute atomic E-state index is 0.0712. The molecular formula is C14H17N5OS2. The first-order chi connectivity index (χ1) is 10.8. The van der Waals surface area contributed by atoms with Crippen molar-refractivity contribution in [1.29, 1.82) is 0 Å². The molecule has 2 aromatic rings. The van der Waals surface area contributed by atoms with Gasteiger partial charge in [0.15, 0.2) is 5.13 Å². The van der Waals surface area contributed by atoms with Crippen molar-refractivity contribution in [3.63, 3.8) is 0 Å². The summed E-state index contributed by atoms with van der Waals surface area (Å²) < 4.78 is 0. The maximum atomic E-state index is 11.9. The molecule has 0 radical (unpaired) electrons. The van der Waals surface area contributed by atoms with Gasteiger partial charge in [-0.05, 0) is 19.3 Å². The number of thiazole rings is 1. The van der Waals surface area contributed by atoms with Crippen molar-refractivity contribution in [3.8, 4) is 0 Å². The summed E-state index contributed by atoms with van der Waals surface area (Å²) in [6, 6.07) is 1.96. The number of nitrogens with zero attached hydrogens (tertiary/aromatic N) is 4. The Hall–Kier alpha value is -1.67. The van der Waals surface area contributed by atoms with Crippen LogP contribution in [0.4, 0.5) is 10.9 Å². The van der Waals surface area contributed by atoms with Gasteiger partial charge in [0.05, 0.1) is 5.75 Å². The molecule has 1 amide bonds. The summed E-state index contributed by atoms with van der Waals surface area (Å²) in [5.41, 5.74) is 0. The van der Waals surface area contributed by atoms with Crippen LogP contribution >= 0.6 is 23.1 Å². The lowest BCUT2D eigenvalue weighted by Gasteiger charge is -2.27. The number of hydrogen-bond acceptors (Lipinski definition) is 7. The van der Waals surface area contributed by atoms with Gasteiger partial charge >= 0.3 is 0 Å². The van der Waals surface area contributed by atoms with Gasteiger partial charge in [0, 0.05) is 30.7 Å². The lowest BCUT2D eigenvalue weighted by molar-refractivity contribution is -0.113. The van der Waals surface area contributed by atoms with Crippen molar-refractivity contribution in [2.45, 2.75) is 24.3 Å². The fourth-order valence-corrected chi connectivity index (χ4v) is 3.49. The molecular weight excluding hydrogens is 318 g/mol. The Kier molecular flexibility index (Phi) is 5.23. The van der Waals surface area contributed by atoms with Crippen LogP contribution in [0.15, 0.2) is 29.0 Å². The van der Waals surface area contributed by atoms with Crippen molar-refractivity contribution < 1.29 is 4.79 Å². The molecule has 0 aromatic carbocycles. The van der Waals surface area contributed by atoms with Gasteiger partial charge in [0.25, 0.3) is 0 Å². The summed E-state index contributed by atoms with van der Waals surface area (Å²) in [5, 5.41) is 6.05. The van der Waals surface area contributed by atoms with Crippen LogP contribution in [0.2, 0.25) is 0 Å². The van der Waals surface area contributed by atoms with Gasteiger partial charge in [-0.15, -0.1) is 11.3 Å². The van der Waals surface area contributed by atoms with Crippen LogP contribution in [0.25, 0.3) is 0 Å². The Morgan fingerprint density at radius 2 is 2.14 bits per heavy atom. The minimum atomic E-state index is -0.0712. The number of anilines is 2. The molecule has 0 spiro atoms. The summed E-state index contributed by atoms with van der Waals surface area (Å²) in [6.45, 7) is 2.09. The third-order valence-electron chi connectivity index (χ3n) is 3.34. The van der Waals surface area contributed by atoms with Gasteiger partial charge in [-0.2, -0.15) is 0 Å².